The fourth-order valence-electron chi connectivity index (χ4n) is 1.10. The van der Waals surface area contributed by atoms with Crippen LogP contribution in [0.5, 0.6) is 0 Å². The van der Waals surface area contributed by atoms with Gasteiger partial charge in [-0.15, -0.1) is 0 Å². The number of carbonyl (C=O) groups excluding carboxylic acids is 1. The fraction of sp³-hybridized carbons (Fsp3) is 0.500. The van der Waals surface area contributed by atoms with Gasteiger partial charge in [-0.2, -0.15) is 5.10 Å². The van der Waals surface area contributed by atoms with Gasteiger partial charge in [-0.05, 0) is 20.8 Å². The number of amides is 1. The average Bonchev–Trinajstić information content (AvgIpc) is 2.44. The number of ether oxygens (including phenoxy) is 1. The van der Waals surface area contributed by atoms with Crippen molar-refractivity contribution in [3.63, 3.8) is 0 Å². The molecule has 17 heavy (non-hydrogen) atoms. The molecule has 0 aliphatic heterocycles. The van der Waals surface area contributed by atoms with E-state index in [9.17, 15) is 9.59 Å². The number of aromatic carboxylic acids is 1. The summed E-state index contributed by atoms with van der Waals surface area (Å²) in [5.74, 6) is -0.894. The van der Waals surface area contributed by atoms with Crippen molar-refractivity contribution in [3.05, 3.63) is 11.8 Å². The number of rotatable bonds is 2. The third-order valence-electron chi connectivity index (χ3n) is 1.73. The van der Waals surface area contributed by atoms with Gasteiger partial charge in [0, 0.05) is 13.1 Å². The Kier molecular flexibility index (Phi) is 3.40. The molecule has 2 N–H and O–H groups in total. The summed E-state index contributed by atoms with van der Waals surface area (Å²) in [5.41, 5.74) is -0.753. The van der Waals surface area contributed by atoms with Crippen LogP contribution in [0.3, 0.4) is 0 Å². The molecule has 1 aromatic rings. The standard InChI is InChI=1S/C10H15N3O4/c1-10(2,3)17-9(16)11-7-5-6(8(14)15)12-13(7)4/h5H,1-4H3,(H,11,16)(H,14,15). The van der Waals surface area contributed by atoms with E-state index in [2.05, 4.69) is 10.4 Å². The molecule has 0 aliphatic carbocycles. The Morgan fingerprint density at radius 1 is 1.47 bits per heavy atom. The Morgan fingerprint density at radius 2 is 2.06 bits per heavy atom. The molecule has 0 spiro atoms. The van der Waals surface area contributed by atoms with Crippen molar-refractivity contribution in [2.24, 2.45) is 7.05 Å². The molecule has 0 bridgehead atoms. The Bertz CT molecular complexity index is 445. The van der Waals surface area contributed by atoms with Crippen molar-refractivity contribution in [1.29, 1.82) is 0 Å². The van der Waals surface area contributed by atoms with E-state index >= 15 is 0 Å². The smallest absolute Gasteiger partial charge is 0.413 e. The van der Waals surface area contributed by atoms with Crippen LogP contribution in [0, 0.1) is 0 Å². The molecule has 0 fully saturated rings. The molecule has 94 valence electrons. The van der Waals surface area contributed by atoms with Crippen molar-refractivity contribution in [2.75, 3.05) is 5.32 Å². The van der Waals surface area contributed by atoms with E-state index in [0.717, 1.165) is 0 Å². The molecule has 0 saturated carbocycles. The molecule has 1 aromatic heterocycles. The summed E-state index contributed by atoms with van der Waals surface area (Å²) >= 11 is 0. The predicted octanol–water partition coefficient (Wildman–Crippen LogP) is 1.47. The van der Waals surface area contributed by atoms with E-state index < -0.39 is 17.7 Å². The van der Waals surface area contributed by atoms with Gasteiger partial charge in [0.05, 0.1) is 0 Å². The van der Waals surface area contributed by atoms with Crippen molar-refractivity contribution >= 4 is 17.9 Å². The summed E-state index contributed by atoms with van der Waals surface area (Å²) in [4.78, 5) is 22.1. The lowest BCUT2D eigenvalue weighted by Crippen LogP contribution is -2.27. The summed E-state index contributed by atoms with van der Waals surface area (Å²) < 4.78 is 6.29. The Labute approximate surface area is 98.4 Å². The minimum absolute atomic E-state index is 0.140. The summed E-state index contributed by atoms with van der Waals surface area (Å²) in [6.07, 6.45) is -0.655. The molecule has 0 saturated heterocycles. The molecule has 0 unspecified atom stereocenters. The number of hydrogen-bond donors (Lipinski definition) is 2. The van der Waals surface area contributed by atoms with Crippen molar-refractivity contribution < 1.29 is 19.4 Å². The molecule has 0 aliphatic rings. The van der Waals surface area contributed by atoms with Gasteiger partial charge in [-0.1, -0.05) is 0 Å². The lowest BCUT2D eigenvalue weighted by Gasteiger charge is -2.19. The van der Waals surface area contributed by atoms with E-state index in [1.165, 1.54) is 17.8 Å². The van der Waals surface area contributed by atoms with Gasteiger partial charge in [0.2, 0.25) is 0 Å². The zero-order valence-corrected chi connectivity index (χ0v) is 10.1. The average molecular weight is 241 g/mol. The molecule has 1 amide bonds. The highest BCUT2D eigenvalue weighted by Crippen LogP contribution is 2.12. The number of nitrogens with zero attached hydrogens (tertiary/aromatic N) is 2. The summed E-state index contributed by atoms with van der Waals surface area (Å²) in [6.45, 7) is 5.20. The van der Waals surface area contributed by atoms with Crippen molar-refractivity contribution in [3.8, 4) is 0 Å². The maximum atomic E-state index is 11.4. The van der Waals surface area contributed by atoms with Gasteiger partial charge >= 0.3 is 12.1 Å². The zero-order valence-electron chi connectivity index (χ0n) is 10.1. The first kappa shape index (κ1) is 13.0. The van der Waals surface area contributed by atoms with Gasteiger partial charge in [0.1, 0.15) is 11.4 Å². The third-order valence-corrected chi connectivity index (χ3v) is 1.73. The largest absolute Gasteiger partial charge is 0.476 e. The SMILES string of the molecule is Cn1nc(C(=O)O)cc1NC(=O)OC(C)(C)C. The number of nitrogens with one attached hydrogen (secondary N) is 1. The fourth-order valence-corrected chi connectivity index (χ4v) is 1.10. The number of carbonyl (C=O) groups is 2. The summed E-state index contributed by atoms with van der Waals surface area (Å²) in [7, 11) is 1.53. The second-order valence-electron chi connectivity index (χ2n) is 4.47. The van der Waals surface area contributed by atoms with Gasteiger partial charge in [-0.25, -0.2) is 9.59 Å². The van der Waals surface area contributed by atoms with E-state index in [4.69, 9.17) is 9.84 Å². The highest BCUT2D eigenvalue weighted by atomic mass is 16.6. The van der Waals surface area contributed by atoms with Crippen LogP contribution >= 0.6 is 0 Å². The topological polar surface area (TPSA) is 93.5 Å². The number of aryl methyl sites for hydroxylation is 1. The summed E-state index contributed by atoms with van der Waals surface area (Å²) in [6, 6.07) is 1.26. The van der Waals surface area contributed by atoms with Gasteiger partial charge in [0.25, 0.3) is 0 Å². The van der Waals surface area contributed by atoms with Crippen LogP contribution in [0.15, 0.2) is 6.07 Å². The number of hydrogen-bond acceptors (Lipinski definition) is 4. The molecular formula is C10H15N3O4. The number of carboxylic acids is 1. The molecule has 0 aromatic carbocycles. The molecule has 7 nitrogen and oxygen atoms in total. The predicted molar refractivity (Wildman–Crippen MR) is 60.0 cm³/mol. The van der Waals surface area contributed by atoms with Crippen LogP contribution in [0.4, 0.5) is 10.6 Å². The van der Waals surface area contributed by atoms with Crippen LogP contribution in [0.25, 0.3) is 0 Å². The number of anilines is 1. The third kappa shape index (κ3) is 3.78. The van der Waals surface area contributed by atoms with Crippen LogP contribution in [0.1, 0.15) is 31.3 Å². The molecule has 7 heteroatoms. The second kappa shape index (κ2) is 4.44. The normalized spacial score (nSPS) is 11.1. The highest BCUT2D eigenvalue weighted by Gasteiger charge is 2.18. The molecule has 0 radical (unpaired) electrons. The number of carboxylic acid groups (broad SMARTS) is 1. The van der Waals surface area contributed by atoms with Gasteiger partial charge < -0.3 is 9.84 Å². The van der Waals surface area contributed by atoms with E-state index in [0.29, 0.717) is 0 Å². The Hall–Kier alpha value is -2.05. The quantitative estimate of drug-likeness (QED) is 0.817. The van der Waals surface area contributed by atoms with Crippen molar-refractivity contribution in [1.82, 2.24) is 9.78 Å². The van der Waals surface area contributed by atoms with Crippen LogP contribution in [-0.4, -0.2) is 32.6 Å². The minimum atomic E-state index is -1.15. The van der Waals surface area contributed by atoms with Crippen LogP contribution in [0.2, 0.25) is 0 Å². The molecular weight excluding hydrogens is 226 g/mol. The minimum Gasteiger partial charge on any atom is -0.476 e. The molecule has 1 rings (SSSR count). The highest BCUT2D eigenvalue weighted by molar-refractivity contribution is 5.89. The second-order valence-corrected chi connectivity index (χ2v) is 4.47. The van der Waals surface area contributed by atoms with Crippen LogP contribution < -0.4 is 5.32 Å². The first-order valence-electron chi connectivity index (χ1n) is 4.96. The van der Waals surface area contributed by atoms with E-state index in [1.54, 1.807) is 20.8 Å². The Balaban J connectivity index is 2.75. The number of aromatic nitrogens is 2. The summed E-state index contributed by atoms with van der Waals surface area (Å²) in [5, 5.41) is 14.8. The van der Waals surface area contributed by atoms with Gasteiger partial charge in [0.15, 0.2) is 5.69 Å². The van der Waals surface area contributed by atoms with E-state index in [-0.39, 0.29) is 11.5 Å². The maximum absolute atomic E-state index is 11.4. The monoisotopic (exact) mass is 241 g/mol. The van der Waals surface area contributed by atoms with Gasteiger partial charge in [-0.3, -0.25) is 10.00 Å². The molecule has 1 heterocycles. The molecule has 0 atom stereocenters. The Morgan fingerprint density at radius 3 is 2.47 bits per heavy atom. The lowest BCUT2D eigenvalue weighted by atomic mass is 10.2. The van der Waals surface area contributed by atoms with Crippen molar-refractivity contribution in [2.45, 2.75) is 26.4 Å². The maximum Gasteiger partial charge on any atom is 0.413 e. The van der Waals surface area contributed by atoms with Crippen LogP contribution in [-0.2, 0) is 11.8 Å². The lowest BCUT2D eigenvalue weighted by molar-refractivity contribution is 0.0632. The first-order valence-corrected chi connectivity index (χ1v) is 4.96. The first-order chi connectivity index (χ1) is 7.69. The van der Waals surface area contributed by atoms with E-state index in [1.807, 2.05) is 0 Å². The zero-order chi connectivity index (χ0) is 13.2.